The second-order valence-corrected chi connectivity index (χ2v) is 3.52. The molecule has 1 fully saturated rings. The molecule has 1 aliphatic rings. The lowest BCUT2D eigenvalue weighted by Gasteiger charge is -2.32. The van der Waals surface area contributed by atoms with Gasteiger partial charge in [-0.25, -0.2) is 0 Å². The molecule has 1 N–H and O–H groups in total. The maximum Gasteiger partial charge on any atom is 0.0104 e. The van der Waals surface area contributed by atoms with Crippen molar-refractivity contribution in [3.8, 4) is 0 Å². The number of likely N-dealkylation sites (tertiary alicyclic amines) is 1. The molecule has 11 heavy (non-hydrogen) atoms. The molecule has 1 atom stereocenters. The minimum Gasteiger partial charge on any atom is -0.320 e. The number of hydrogen-bond acceptors (Lipinski definition) is 2. The van der Waals surface area contributed by atoms with Crippen LogP contribution in [0.4, 0.5) is 0 Å². The van der Waals surface area contributed by atoms with Crippen molar-refractivity contribution in [1.29, 1.82) is 0 Å². The molecule has 0 aromatic carbocycles. The maximum atomic E-state index is 3.21. The average molecular weight is 156 g/mol. The lowest BCUT2D eigenvalue weighted by Crippen LogP contribution is -2.37. The first-order valence-corrected chi connectivity index (χ1v) is 4.69. The molecule has 1 saturated heterocycles. The Labute approximate surface area is 70.0 Å². The molecule has 0 unspecified atom stereocenters. The molecule has 0 spiro atoms. The van der Waals surface area contributed by atoms with Gasteiger partial charge in [0.1, 0.15) is 0 Å². The summed E-state index contributed by atoms with van der Waals surface area (Å²) in [7, 11) is 4.28. The fourth-order valence-corrected chi connectivity index (χ4v) is 1.82. The first-order valence-electron chi connectivity index (χ1n) is 4.69. The first kappa shape index (κ1) is 9.01. The Hall–Kier alpha value is -0.0800. The predicted octanol–water partition coefficient (Wildman–Crippen LogP) is 1.08. The van der Waals surface area contributed by atoms with Crippen molar-refractivity contribution in [2.24, 2.45) is 0 Å². The van der Waals surface area contributed by atoms with Gasteiger partial charge in [-0.2, -0.15) is 0 Å². The van der Waals surface area contributed by atoms with Crippen molar-refractivity contribution in [3.05, 3.63) is 0 Å². The van der Waals surface area contributed by atoms with Crippen LogP contribution < -0.4 is 5.32 Å². The van der Waals surface area contributed by atoms with Gasteiger partial charge in [0.05, 0.1) is 0 Å². The van der Waals surface area contributed by atoms with Crippen LogP contribution in [0.2, 0.25) is 0 Å². The summed E-state index contributed by atoms with van der Waals surface area (Å²) in [5.41, 5.74) is 0. The van der Waals surface area contributed by atoms with E-state index in [1.54, 1.807) is 0 Å². The van der Waals surface area contributed by atoms with Crippen molar-refractivity contribution in [1.82, 2.24) is 10.2 Å². The summed E-state index contributed by atoms with van der Waals surface area (Å²) in [5, 5.41) is 3.21. The quantitative estimate of drug-likeness (QED) is 0.658. The standard InChI is InChI=1S/C9H20N2/c1-10-7-6-9-5-3-4-8-11(9)2/h9-10H,3-8H2,1-2H3/t9-/m1/s1. The van der Waals surface area contributed by atoms with Gasteiger partial charge in [0.15, 0.2) is 0 Å². The number of nitrogens with one attached hydrogen (secondary N) is 1. The third-order valence-corrected chi connectivity index (χ3v) is 2.65. The van der Waals surface area contributed by atoms with Gasteiger partial charge in [-0.05, 0) is 46.4 Å². The Balaban J connectivity index is 2.18. The Morgan fingerprint density at radius 2 is 2.27 bits per heavy atom. The summed E-state index contributed by atoms with van der Waals surface area (Å²) >= 11 is 0. The van der Waals surface area contributed by atoms with Crippen LogP contribution in [0.1, 0.15) is 25.7 Å². The third-order valence-electron chi connectivity index (χ3n) is 2.65. The molecule has 2 heteroatoms. The van der Waals surface area contributed by atoms with Crippen LogP contribution >= 0.6 is 0 Å². The number of hydrogen-bond donors (Lipinski definition) is 1. The van der Waals surface area contributed by atoms with Crippen LogP contribution in [0.25, 0.3) is 0 Å². The highest BCUT2D eigenvalue weighted by Gasteiger charge is 2.17. The summed E-state index contributed by atoms with van der Waals surface area (Å²) < 4.78 is 0. The largest absolute Gasteiger partial charge is 0.320 e. The highest BCUT2D eigenvalue weighted by molar-refractivity contribution is 4.74. The van der Waals surface area contributed by atoms with Gasteiger partial charge in [0.25, 0.3) is 0 Å². The van der Waals surface area contributed by atoms with E-state index in [1.165, 1.54) is 32.2 Å². The number of nitrogens with zero attached hydrogens (tertiary/aromatic N) is 1. The minimum absolute atomic E-state index is 0.844. The zero-order valence-corrected chi connectivity index (χ0v) is 7.77. The van der Waals surface area contributed by atoms with E-state index in [9.17, 15) is 0 Å². The van der Waals surface area contributed by atoms with Crippen LogP contribution in [-0.2, 0) is 0 Å². The average Bonchev–Trinajstić information content (AvgIpc) is 2.03. The van der Waals surface area contributed by atoms with Crippen LogP contribution in [0, 0.1) is 0 Å². The molecule has 1 heterocycles. The van der Waals surface area contributed by atoms with E-state index in [4.69, 9.17) is 0 Å². The van der Waals surface area contributed by atoms with E-state index in [2.05, 4.69) is 17.3 Å². The summed E-state index contributed by atoms with van der Waals surface area (Å²) in [6.07, 6.45) is 5.54. The Kier molecular flexibility index (Phi) is 3.87. The lowest BCUT2D eigenvalue weighted by atomic mass is 10.0. The number of rotatable bonds is 3. The smallest absolute Gasteiger partial charge is 0.0104 e. The Morgan fingerprint density at radius 1 is 1.45 bits per heavy atom. The molecule has 0 aliphatic carbocycles. The molecule has 0 saturated carbocycles. The minimum atomic E-state index is 0.844. The van der Waals surface area contributed by atoms with Crippen molar-refractivity contribution < 1.29 is 0 Å². The Morgan fingerprint density at radius 3 is 2.91 bits per heavy atom. The molecule has 0 aromatic rings. The summed E-state index contributed by atoms with van der Waals surface area (Å²) in [5.74, 6) is 0. The van der Waals surface area contributed by atoms with E-state index < -0.39 is 0 Å². The lowest BCUT2D eigenvalue weighted by molar-refractivity contribution is 0.176. The predicted molar refractivity (Wildman–Crippen MR) is 48.8 cm³/mol. The summed E-state index contributed by atoms with van der Waals surface area (Å²) in [6.45, 7) is 2.46. The fourth-order valence-electron chi connectivity index (χ4n) is 1.82. The molecule has 1 rings (SSSR count). The van der Waals surface area contributed by atoms with Crippen LogP contribution in [0.3, 0.4) is 0 Å². The van der Waals surface area contributed by atoms with Crippen molar-refractivity contribution in [2.75, 3.05) is 27.2 Å². The molecule has 0 bridgehead atoms. The molecule has 1 aliphatic heterocycles. The van der Waals surface area contributed by atoms with E-state index in [0.29, 0.717) is 0 Å². The number of piperidine rings is 1. The van der Waals surface area contributed by atoms with Crippen molar-refractivity contribution >= 4 is 0 Å². The van der Waals surface area contributed by atoms with Gasteiger partial charge in [0.2, 0.25) is 0 Å². The summed E-state index contributed by atoms with van der Waals surface area (Å²) in [6, 6.07) is 0.844. The molecule has 0 radical (unpaired) electrons. The Bertz CT molecular complexity index is 104. The monoisotopic (exact) mass is 156 g/mol. The SMILES string of the molecule is CNCC[C@H]1CCCCN1C. The van der Waals surface area contributed by atoms with Crippen molar-refractivity contribution in [3.63, 3.8) is 0 Å². The van der Waals surface area contributed by atoms with E-state index >= 15 is 0 Å². The third kappa shape index (κ3) is 2.80. The van der Waals surface area contributed by atoms with Gasteiger partial charge in [-0.15, -0.1) is 0 Å². The molecular formula is C9H20N2. The van der Waals surface area contributed by atoms with Gasteiger partial charge in [-0.3, -0.25) is 0 Å². The first-order chi connectivity index (χ1) is 5.34. The zero-order chi connectivity index (χ0) is 8.10. The molecule has 66 valence electrons. The molecule has 2 nitrogen and oxygen atoms in total. The normalized spacial score (nSPS) is 27.3. The van der Waals surface area contributed by atoms with Crippen LogP contribution in [0.15, 0.2) is 0 Å². The highest BCUT2D eigenvalue weighted by Crippen LogP contribution is 2.16. The van der Waals surface area contributed by atoms with Crippen molar-refractivity contribution in [2.45, 2.75) is 31.7 Å². The fraction of sp³-hybridized carbons (Fsp3) is 1.00. The molecule has 0 amide bonds. The van der Waals surface area contributed by atoms with Gasteiger partial charge < -0.3 is 10.2 Å². The van der Waals surface area contributed by atoms with E-state index in [-0.39, 0.29) is 0 Å². The summed E-state index contributed by atoms with van der Waals surface area (Å²) in [4.78, 5) is 2.50. The van der Waals surface area contributed by atoms with Gasteiger partial charge in [0, 0.05) is 6.04 Å². The molecular weight excluding hydrogens is 136 g/mol. The van der Waals surface area contributed by atoms with Gasteiger partial charge in [-0.1, -0.05) is 6.42 Å². The van der Waals surface area contributed by atoms with Crippen LogP contribution in [-0.4, -0.2) is 38.1 Å². The zero-order valence-electron chi connectivity index (χ0n) is 7.77. The second kappa shape index (κ2) is 4.73. The molecule has 0 aromatic heterocycles. The maximum absolute atomic E-state index is 3.21. The van der Waals surface area contributed by atoms with Crippen LogP contribution in [0.5, 0.6) is 0 Å². The second-order valence-electron chi connectivity index (χ2n) is 3.52. The highest BCUT2D eigenvalue weighted by atomic mass is 15.1. The van der Waals surface area contributed by atoms with E-state index in [1.807, 2.05) is 7.05 Å². The van der Waals surface area contributed by atoms with E-state index in [0.717, 1.165) is 12.6 Å². The van der Waals surface area contributed by atoms with Gasteiger partial charge >= 0.3 is 0 Å². The topological polar surface area (TPSA) is 15.3 Å².